The van der Waals surface area contributed by atoms with Crippen molar-refractivity contribution in [1.82, 2.24) is 14.8 Å². The molecule has 1 N–H and O–H groups in total. The number of ether oxygens (including phenoxy) is 2. The largest absolute Gasteiger partial charge is 0.477 e. The average molecular weight is 716 g/mol. The summed E-state index contributed by atoms with van der Waals surface area (Å²) in [5, 5.41) is 2.34. The normalized spacial score (nSPS) is 18.2. The number of anilines is 2. The highest BCUT2D eigenvalue weighted by molar-refractivity contribution is 8.32. The Morgan fingerprint density at radius 1 is 1.08 bits per heavy atom. The van der Waals surface area contributed by atoms with Crippen LogP contribution in [0.5, 0.6) is 5.88 Å². The fourth-order valence-electron chi connectivity index (χ4n) is 5.45. The number of hydrogen-bond donors (Lipinski definition) is 1. The summed E-state index contributed by atoms with van der Waals surface area (Å²) in [6.07, 6.45) is 3.11. The zero-order chi connectivity index (χ0) is 36.5. The molecule has 15 heteroatoms. The second-order valence-electron chi connectivity index (χ2n) is 14.3. The van der Waals surface area contributed by atoms with Crippen LogP contribution < -0.4 is 15.0 Å². The molecular formula is C34H46F5N5O4S. The van der Waals surface area contributed by atoms with Crippen molar-refractivity contribution in [1.29, 1.82) is 0 Å². The van der Waals surface area contributed by atoms with E-state index in [0.717, 1.165) is 12.3 Å². The molecule has 0 saturated carbocycles. The Morgan fingerprint density at radius 2 is 1.78 bits per heavy atom. The van der Waals surface area contributed by atoms with Crippen LogP contribution in [0.15, 0.2) is 24.4 Å². The first kappa shape index (κ1) is 38.2. The highest BCUT2D eigenvalue weighted by Crippen LogP contribution is 2.40. The van der Waals surface area contributed by atoms with Crippen LogP contribution >= 0.6 is 10.0 Å². The Kier molecular flexibility index (Phi) is 11.5. The predicted octanol–water partition coefficient (Wildman–Crippen LogP) is 6.87. The van der Waals surface area contributed by atoms with Crippen molar-refractivity contribution < 1.29 is 41.0 Å². The minimum absolute atomic E-state index is 0.0152. The number of rotatable bonds is 8. The van der Waals surface area contributed by atoms with E-state index in [-0.39, 0.29) is 49.3 Å². The van der Waals surface area contributed by atoms with E-state index >= 15 is 8.78 Å². The second-order valence-corrected chi connectivity index (χ2v) is 18.9. The van der Waals surface area contributed by atoms with Crippen molar-refractivity contribution in [2.24, 2.45) is 0 Å². The van der Waals surface area contributed by atoms with Crippen molar-refractivity contribution in [2.75, 3.05) is 81.1 Å². The molecule has 1 atom stereocenters. The molecule has 9 nitrogen and oxygen atoms in total. The number of likely N-dealkylation sites (N-methyl/N-ethyl adjacent to an activating group) is 1. The van der Waals surface area contributed by atoms with Gasteiger partial charge in [-0.15, -0.1) is 0 Å². The Balaban J connectivity index is 1.74. The second kappa shape index (κ2) is 14.7. The smallest absolute Gasteiger partial charge is 0.417 e. The van der Waals surface area contributed by atoms with E-state index < -0.39 is 67.8 Å². The number of carbonyl (C=O) groups is 2. The van der Waals surface area contributed by atoms with Gasteiger partial charge < -0.3 is 29.5 Å². The number of carbonyl (C=O) groups excluding carboxylic acids is 2. The van der Waals surface area contributed by atoms with Crippen LogP contribution in [0.3, 0.4) is 0 Å². The lowest BCUT2D eigenvalue weighted by atomic mass is 9.97. The van der Waals surface area contributed by atoms with Crippen molar-refractivity contribution in [3.05, 3.63) is 52.7 Å². The maximum absolute atomic E-state index is 16.7. The third-order valence-corrected chi connectivity index (χ3v) is 9.63. The SMILES string of the molecule is C[C@H]1CN(c2cc(F)c(C3=CCCN(C(=O)OC(C)(C)C)C3)c(F)c2NC(=O)c2cnc(OCCS(C)(C)C)cc2C(F)(F)F)CCN1C. The summed E-state index contributed by atoms with van der Waals surface area (Å²) in [6.45, 7) is 8.47. The van der Waals surface area contributed by atoms with Gasteiger partial charge in [-0.2, -0.15) is 13.2 Å². The predicted molar refractivity (Wildman–Crippen MR) is 184 cm³/mol. The molecule has 0 radical (unpaired) electrons. The van der Waals surface area contributed by atoms with Crippen LogP contribution in [-0.2, 0) is 10.9 Å². The van der Waals surface area contributed by atoms with Crippen LogP contribution in [0.2, 0.25) is 0 Å². The molecule has 2 amide bonds. The Hall–Kier alpha value is -3.59. The molecule has 1 aromatic carbocycles. The summed E-state index contributed by atoms with van der Waals surface area (Å²) in [5.74, 6) is -3.06. The summed E-state index contributed by atoms with van der Waals surface area (Å²) < 4.78 is 86.4. The number of nitrogens with one attached hydrogen (secondary N) is 1. The fraction of sp³-hybridized carbons (Fsp3) is 0.559. The van der Waals surface area contributed by atoms with E-state index in [4.69, 9.17) is 9.47 Å². The van der Waals surface area contributed by atoms with Crippen molar-refractivity contribution in [3.63, 3.8) is 0 Å². The molecule has 1 saturated heterocycles. The summed E-state index contributed by atoms with van der Waals surface area (Å²) in [5.41, 5.74) is -3.80. The topological polar surface area (TPSA) is 87.2 Å². The highest BCUT2D eigenvalue weighted by atomic mass is 32.3. The maximum atomic E-state index is 16.7. The van der Waals surface area contributed by atoms with E-state index in [1.807, 2.05) is 32.7 Å². The maximum Gasteiger partial charge on any atom is 0.417 e. The molecular weight excluding hydrogens is 669 g/mol. The molecule has 272 valence electrons. The minimum Gasteiger partial charge on any atom is -0.477 e. The number of hydrogen-bond acceptors (Lipinski definition) is 7. The third-order valence-electron chi connectivity index (χ3n) is 8.23. The number of amides is 2. The standard InChI is InChI=1S/C34H46F5N5O4S/c1-21-19-43(13-12-42(21)5)26-17-25(35)28(22-10-9-11-44(20-22)32(46)48-33(2,3)4)29(36)30(26)41-31(45)23-18-40-27(16-24(23)34(37,38)39)47-14-15-49(6,7)8/h10,16-18,21H,9,11-15,19-20H2,1-8H3,(H,41,45)/t21-/m0/s1. The van der Waals surface area contributed by atoms with Gasteiger partial charge in [-0.25, -0.2) is 28.6 Å². The summed E-state index contributed by atoms with van der Waals surface area (Å²) in [6, 6.07) is 1.71. The molecule has 3 heterocycles. The Morgan fingerprint density at radius 3 is 2.39 bits per heavy atom. The van der Waals surface area contributed by atoms with Crippen LogP contribution in [0.1, 0.15) is 55.6 Å². The van der Waals surface area contributed by atoms with E-state index in [2.05, 4.69) is 15.2 Å². The van der Waals surface area contributed by atoms with Gasteiger partial charge in [-0.05, 0) is 65.5 Å². The van der Waals surface area contributed by atoms with Gasteiger partial charge in [0, 0.05) is 62.8 Å². The van der Waals surface area contributed by atoms with Gasteiger partial charge in [0.2, 0.25) is 5.88 Å². The number of pyridine rings is 1. The number of benzene rings is 1. The lowest BCUT2D eigenvalue weighted by Crippen LogP contribution is -2.50. The number of piperazine rings is 1. The van der Waals surface area contributed by atoms with Crippen LogP contribution in [0.25, 0.3) is 5.57 Å². The van der Waals surface area contributed by atoms with E-state index in [1.54, 1.807) is 31.7 Å². The third kappa shape index (κ3) is 9.77. The Labute approximate surface area is 286 Å². The van der Waals surface area contributed by atoms with Crippen molar-refractivity contribution >= 4 is 39.0 Å². The lowest BCUT2D eigenvalue weighted by molar-refractivity contribution is -0.138. The van der Waals surface area contributed by atoms with Crippen LogP contribution in [0, 0.1) is 11.6 Å². The molecule has 2 aliphatic rings. The van der Waals surface area contributed by atoms with Gasteiger partial charge in [0.25, 0.3) is 5.91 Å². The highest BCUT2D eigenvalue weighted by Gasteiger charge is 2.38. The minimum atomic E-state index is -4.97. The fourth-order valence-corrected chi connectivity index (χ4v) is 6.03. The molecule has 1 aromatic heterocycles. The number of aromatic nitrogens is 1. The van der Waals surface area contributed by atoms with Gasteiger partial charge in [0.15, 0.2) is 5.82 Å². The number of alkyl halides is 3. The molecule has 4 rings (SSSR count). The van der Waals surface area contributed by atoms with Gasteiger partial charge in [-0.3, -0.25) is 4.79 Å². The van der Waals surface area contributed by atoms with Crippen LogP contribution in [-0.4, -0.2) is 109 Å². The van der Waals surface area contributed by atoms with Gasteiger partial charge in [0.1, 0.15) is 17.1 Å². The zero-order valence-corrected chi connectivity index (χ0v) is 30.1. The first-order valence-electron chi connectivity index (χ1n) is 16.0. The average Bonchev–Trinajstić information content (AvgIpc) is 2.98. The monoisotopic (exact) mass is 715 g/mol. The summed E-state index contributed by atoms with van der Waals surface area (Å²) in [7, 11) is 0.927. The van der Waals surface area contributed by atoms with Crippen molar-refractivity contribution in [2.45, 2.75) is 51.9 Å². The van der Waals surface area contributed by atoms with Gasteiger partial charge in [-0.1, -0.05) is 6.08 Å². The van der Waals surface area contributed by atoms with Gasteiger partial charge in [0.05, 0.1) is 29.0 Å². The van der Waals surface area contributed by atoms with E-state index in [0.29, 0.717) is 31.5 Å². The lowest BCUT2D eigenvalue weighted by Gasteiger charge is -2.40. The zero-order valence-electron chi connectivity index (χ0n) is 29.3. The summed E-state index contributed by atoms with van der Waals surface area (Å²) in [4.78, 5) is 35.4. The molecule has 0 aliphatic carbocycles. The first-order chi connectivity index (χ1) is 22.6. The van der Waals surface area contributed by atoms with E-state index in [1.165, 1.54) is 4.90 Å². The van der Waals surface area contributed by atoms with Crippen molar-refractivity contribution in [3.8, 4) is 5.88 Å². The molecule has 0 unspecified atom stereocenters. The quantitative estimate of drug-likeness (QED) is 0.299. The number of nitrogens with zero attached hydrogens (tertiary/aromatic N) is 4. The molecule has 2 aliphatic heterocycles. The molecule has 0 spiro atoms. The summed E-state index contributed by atoms with van der Waals surface area (Å²) >= 11 is 0. The molecule has 2 aromatic rings. The molecule has 0 bridgehead atoms. The first-order valence-corrected chi connectivity index (χ1v) is 19.0. The van der Waals surface area contributed by atoms with Gasteiger partial charge >= 0.3 is 12.3 Å². The Bertz CT molecular complexity index is 1590. The number of halogens is 5. The van der Waals surface area contributed by atoms with Crippen LogP contribution in [0.4, 0.5) is 38.1 Å². The molecule has 49 heavy (non-hydrogen) atoms. The molecule has 1 fully saturated rings. The van der Waals surface area contributed by atoms with E-state index in [9.17, 15) is 22.8 Å².